The highest BCUT2D eigenvalue weighted by molar-refractivity contribution is 5.79. The second-order valence-electron chi connectivity index (χ2n) is 4.87. The lowest BCUT2D eigenvalue weighted by molar-refractivity contribution is -0.120. The van der Waals surface area contributed by atoms with Crippen LogP contribution in [0.5, 0.6) is 0 Å². The number of rotatable bonds is 7. The minimum atomic E-state index is -0.0429. The fraction of sp³-hybridized carbons (Fsp3) is 0.500. The van der Waals surface area contributed by atoms with E-state index in [2.05, 4.69) is 26.8 Å². The van der Waals surface area contributed by atoms with Crippen LogP contribution in [0.4, 0.5) is 0 Å². The Balaban J connectivity index is 1.86. The number of aromatic nitrogens is 3. The van der Waals surface area contributed by atoms with Crippen LogP contribution in [0.15, 0.2) is 12.3 Å². The minimum absolute atomic E-state index is 0.0429. The molecule has 0 aromatic carbocycles. The van der Waals surface area contributed by atoms with Crippen LogP contribution in [-0.4, -0.2) is 47.5 Å². The summed E-state index contributed by atoms with van der Waals surface area (Å²) in [5, 5.41) is 11.2. The van der Waals surface area contributed by atoms with E-state index in [-0.39, 0.29) is 12.5 Å². The van der Waals surface area contributed by atoms with Gasteiger partial charge in [-0.1, -0.05) is 0 Å². The number of amides is 1. The molecule has 114 valence electrons. The number of hydrogen-bond donors (Lipinski definition) is 2. The fourth-order valence-electron chi connectivity index (χ4n) is 2.12. The Labute approximate surface area is 123 Å². The van der Waals surface area contributed by atoms with Crippen molar-refractivity contribution in [2.24, 2.45) is 7.05 Å². The Kier molecular flexibility index (Phi) is 5.24. The maximum Gasteiger partial charge on any atom is 0.234 e. The number of methoxy groups -OCH3 is 1. The van der Waals surface area contributed by atoms with Crippen molar-refractivity contribution >= 4 is 16.9 Å². The van der Waals surface area contributed by atoms with Gasteiger partial charge in [0.25, 0.3) is 0 Å². The molecule has 2 aromatic rings. The third-order valence-electron chi connectivity index (χ3n) is 3.16. The van der Waals surface area contributed by atoms with Gasteiger partial charge >= 0.3 is 0 Å². The molecule has 21 heavy (non-hydrogen) atoms. The minimum Gasteiger partial charge on any atom is -0.383 e. The molecule has 0 atom stereocenters. The molecular formula is C14H21N5O2. The van der Waals surface area contributed by atoms with Gasteiger partial charge in [0.2, 0.25) is 5.91 Å². The smallest absolute Gasteiger partial charge is 0.234 e. The summed E-state index contributed by atoms with van der Waals surface area (Å²) < 4.78 is 6.64. The van der Waals surface area contributed by atoms with Crippen molar-refractivity contribution in [2.75, 3.05) is 26.8 Å². The largest absolute Gasteiger partial charge is 0.383 e. The molecular weight excluding hydrogens is 270 g/mol. The van der Waals surface area contributed by atoms with Gasteiger partial charge in [-0.15, -0.1) is 0 Å². The van der Waals surface area contributed by atoms with Gasteiger partial charge in [-0.25, -0.2) is 4.98 Å². The van der Waals surface area contributed by atoms with E-state index in [1.54, 1.807) is 18.0 Å². The van der Waals surface area contributed by atoms with E-state index in [1.165, 1.54) is 0 Å². The number of pyridine rings is 1. The quantitative estimate of drug-likeness (QED) is 0.709. The summed E-state index contributed by atoms with van der Waals surface area (Å²) in [6, 6.07) is 2.06. The van der Waals surface area contributed by atoms with Gasteiger partial charge in [0.1, 0.15) is 0 Å². The van der Waals surface area contributed by atoms with E-state index in [9.17, 15) is 4.79 Å². The molecule has 0 saturated heterocycles. The zero-order chi connectivity index (χ0) is 15.2. The van der Waals surface area contributed by atoms with Crippen molar-refractivity contribution in [3.8, 4) is 0 Å². The number of fused-ring (bicyclic) bond motifs is 1. The normalized spacial score (nSPS) is 11.0. The van der Waals surface area contributed by atoms with E-state index >= 15 is 0 Å². The van der Waals surface area contributed by atoms with E-state index in [0.717, 1.165) is 22.3 Å². The molecule has 2 N–H and O–H groups in total. The van der Waals surface area contributed by atoms with Crippen molar-refractivity contribution in [3.63, 3.8) is 0 Å². The van der Waals surface area contributed by atoms with Crippen LogP contribution in [0.1, 0.15) is 11.3 Å². The van der Waals surface area contributed by atoms with Crippen LogP contribution in [0.3, 0.4) is 0 Å². The number of carbonyl (C=O) groups excluding carboxylic acids is 1. The molecule has 0 bridgehead atoms. The first kappa shape index (κ1) is 15.4. The third kappa shape index (κ3) is 3.99. The second-order valence-corrected chi connectivity index (χ2v) is 4.87. The van der Waals surface area contributed by atoms with Crippen LogP contribution in [0.2, 0.25) is 0 Å². The van der Waals surface area contributed by atoms with E-state index in [4.69, 9.17) is 4.74 Å². The van der Waals surface area contributed by atoms with Gasteiger partial charge in [-0.05, 0) is 18.6 Å². The Morgan fingerprint density at radius 2 is 2.29 bits per heavy atom. The van der Waals surface area contributed by atoms with Crippen LogP contribution in [0, 0.1) is 6.92 Å². The highest BCUT2D eigenvalue weighted by Crippen LogP contribution is 2.16. The van der Waals surface area contributed by atoms with Gasteiger partial charge in [0.05, 0.1) is 18.8 Å². The Bertz CT molecular complexity index is 623. The zero-order valence-corrected chi connectivity index (χ0v) is 12.6. The van der Waals surface area contributed by atoms with Crippen molar-refractivity contribution in [2.45, 2.75) is 13.5 Å². The van der Waals surface area contributed by atoms with Gasteiger partial charge in [0, 0.05) is 38.8 Å². The Hall–Kier alpha value is -1.99. The number of nitrogens with zero attached hydrogens (tertiary/aromatic N) is 3. The first-order chi connectivity index (χ1) is 10.1. The maximum atomic E-state index is 11.5. The molecule has 7 heteroatoms. The molecule has 2 aromatic heterocycles. The molecule has 1 amide bonds. The summed E-state index contributed by atoms with van der Waals surface area (Å²) >= 11 is 0. The zero-order valence-electron chi connectivity index (χ0n) is 12.6. The lowest BCUT2D eigenvalue weighted by Gasteiger charge is -2.06. The van der Waals surface area contributed by atoms with Gasteiger partial charge < -0.3 is 15.4 Å². The molecule has 0 aliphatic carbocycles. The Morgan fingerprint density at radius 1 is 1.48 bits per heavy atom. The highest BCUT2D eigenvalue weighted by Gasteiger charge is 2.07. The second kappa shape index (κ2) is 7.14. The summed E-state index contributed by atoms with van der Waals surface area (Å²) in [7, 11) is 3.48. The molecule has 0 aliphatic heterocycles. The summed E-state index contributed by atoms with van der Waals surface area (Å²) in [5.74, 6) is -0.0429. The highest BCUT2D eigenvalue weighted by atomic mass is 16.5. The molecule has 7 nitrogen and oxygen atoms in total. The van der Waals surface area contributed by atoms with Gasteiger partial charge in [-0.3, -0.25) is 9.48 Å². The lowest BCUT2D eigenvalue weighted by Crippen LogP contribution is -2.35. The standard InChI is InChI=1S/C14H21N5O2/c1-10-12-6-11(8-17-14(12)19(2)18-10)7-15-9-13(20)16-4-5-21-3/h6,8,15H,4-5,7,9H2,1-3H3,(H,16,20). The van der Waals surface area contributed by atoms with Gasteiger partial charge in [0.15, 0.2) is 5.65 Å². The summed E-state index contributed by atoms with van der Waals surface area (Å²) in [6.45, 7) is 3.87. The summed E-state index contributed by atoms with van der Waals surface area (Å²) in [4.78, 5) is 15.9. The molecule has 2 rings (SSSR count). The predicted molar refractivity (Wildman–Crippen MR) is 79.8 cm³/mol. The van der Waals surface area contributed by atoms with E-state index < -0.39 is 0 Å². The fourth-order valence-corrected chi connectivity index (χ4v) is 2.12. The SMILES string of the molecule is COCCNC(=O)CNCc1cnc2c(c1)c(C)nn2C. The molecule has 0 fully saturated rings. The first-order valence-corrected chi connectivity index (χ1v) is 6.86. The van der Waals surface area contributed by atoms with Crippen LogP contribution >= 0.6 is 0 Å². The first-order valence-electron chi connectivity index (χ1n) is 6.86. The number of ether oxygens (including phenoxy) is 1. The van der Waals surface area contributed by atoms with Gasteiger partial charge in [-0.2, -0.15) is 5.10 Å². The maximum absolute atomic E-state index is 11.5. The number of aryl methyl sites for hydroxylation is 2. The van der Waals surface area contributed by atoms with Crippen molar-refractivity contribution < 1.29 is 9.53 Å². The number of nitrogens with one attached hydrogen (secondary N) is 2. The molecule has 0 aliphatic rings. The monoisotopic (exact) mass is 291 g/mol. The number of hydrogen-bond acceptors (Lipinski definition) is 5. The third-order valence-corrected chi connectivity index (χ3v) is 3.16. The average Bonchev–Trinajstić information content (AvgIpc) is 2.74. The van der Waals surface area contributed by atoms with Crippen LogP contribution < -0.4 is 10.6 Å². The molecule has 2 heterocycles. The van der Waals surface area contributed by atoms with Crippen molar-refractivity contribution in [1.82, 2.24) is 25.4 Å². The summed E-state index contributed by atoms with van der Waals surface area (Å²) in [6.07, 6.45) is 1.80. The Morgan fingerprint density at radius 3 is 3.05 bits per heavy atom. The summed E-state index contributed by atoms with van der Waals surface area (Å²) in [5.41, 5.74) is 2.86. The topological polar surface area (TPSA) is 81.1 Å². The lowest BCUT2D eigenvalue weighted by atomic mass is 10.2. The molecule has 0 radical (unpaired) electrons. The molecule has 0 unspecified atom stereocenters. The predicted octanol–water partition coefficient (Wildman–Crippen LogP) is 0.129. The van der Waals surface area contributed by atoms with Crippen molar-refractivity contribution in [1.29, 1.82) is 0 Å². The average molecular weight is 291 g/mol. The van der Waals surface area contributed by atoms with Crippen LogP contribution in [-0.2, 0) is 23.1 Å². The molecule has 0 saturated carbocycles. The van der Waals surface area contributed by atoms with Crippen molar-refractivity contribution in [3.05, 3.63) is 23.5 Å². The number of carbonyl (C=O) groups is 1. The van der Waals surface area contributed by atoms with E-state index in [1.807, 2.05) is 14.0 Å². The van der Waals surface area contributed by atoms with E-state index in [0.29, 0.717) is 19.7 Å². The van der Waals surface area contributed by atoms with Crippen LogP contribution in [0.25, 0.3) is 11.0 Å². The molecule has 0 spiro atoms.